The predicted molar refractivity (Wildman–Crippen MR) is 58.5 cm³/mol. The van der Waals surface area contributed by atoms with Gasteiger partial charge in [-0.2, -0.15) is 0 Å². The Balaban J connectivity index is 0.000000845. The maximum Gasteiger partial charge on any atom is 0.0389 e. The Morgan fingerprint density at radius 1 is 1.31 bits per heavy atom. The van der Waals surface area contributed by atoms with Gasteiger partial charge in [0.1, 0.15) is 0 Å². The van der Waals surface area contributed by atoms with E-state index in [1.54, 1.807) is 0 Å². The van der Waals surface area contributed by atoms with Crippen molar-refractivity contribution in [3.8, 4) is 0 Å². The quantitative estimate of drug-likeness (QED) is 0.722. The van der Waals surface area contributed by atoms with Gasteiger partial charge in [-0.3, -0.25) is 0 Å². The first-order valence-electron chi connectivity index (χ1n) is 4.32. The van der Waals surface area contributed by atoms with Gasteiger partial charge in [0.25, 0.3) is 0 Å². The molecule has 0 radical (unpaired) electrons. The van der Waals surface area contributed by atoms with E-state index in [0.717, 1.165) is 13.1 Å². The zero-order chi connectivity index (χ0) is 8.55. The van der Waals surface area contributed by atoms with Crippen molar-refractivity contribution in [3.05, 3.63) is 28.8 Å². The Hall–Kier alpha value is -0.730. The third-order valence-corrected chi connectivity index (χ3v) is 2.37. The molecule has 0 aromatic heterocycles. The molecule has 1 aliphatic rings. The van der Waals surface area contributed by atoms with Crippen LogP contribution in [0.4, 0.5) is 5.69 Å². The zero-order valence-corrected chi connectivity index (χ0v) is 8.79. The Bertz CT molecular complexity index is 310. The predicted octanol–water partition coefficient (Wildman–Crippen LogP) is 2.06. The molecule has 0 atom stereocenters. The van der Waals surface area contributed by atoms with E-state index in [2.05, 4.69) is 29.7 Å². The van der Waals surface area contributed by atoms with Gasteiger partial charge in [0, 0.05) is 25.8 Å². The first-order chi connectivity index (χ1) is 5.81. The third kappa shape index (κ3) is 1.79. The van der Waals surface area contributed by atoms with Crippen LogP contribution in [-0.4, -0.2) is 7.05 Å². The standard InChI is InChI=1S/C10H14N2.ClH/c1-7-3-8-5-12-6-9(8)10(4-7)11-2;/h3-4,11-12H,5-6H2,1-2H3;1H. The van der Waals surface area contributed by atoms with E-state index in [9.17, 15) is 0 Å². The Labute approximate surface area is 85.1 Å². The van der Waals surface area contributed by atoms with Gasteiger partial charge >= 0.3 is 0 Å². The molecular formula is C10H15ClN2. The average molecular weight is 199 g/mol. The molecular weight excluding hydrogens is 184 g/mol. The number of nitrogens with one attached hydrogen (secondary N) is 2. The van der Waals surface area contributed by atoms with Crippen LogP contribution in [0.5, 0.6) is 0 Å². The molecule has 3 heteroatoms. The van der Waals surface area contributed by atoms with Crippen molar-refractivity contribution in [1.82, 2.24) is 5.32 Å². The van der Waals surface area contributed by atoms with Gasteiger partial charge in [-0.1, -0.05) is 6.07 Å². The monoisotopic (exact) mass is 198 g/mol. The van der Waals surface area contributed by atoms with Crippen molar-refractivity contribution in [2.24, 2.45) is 0 Å². The molecule has 0 aliphatic carbocycles. The molecule has 13 heavy (non-hydrogen) atoms. The average Bonchev–Trinajstić information content (AvgIpc) is 2.50. The number of hydrogen-bond acceptors (Lipinski definition) is 2. The molecule has 0 saturated carbocycles. The van der Waals surface area contributed by atoms with Crippen molar-refractivity contribution < 1.29 is 0 Å². The SMILES string of the molecule is CNc1cc(C)cc2c1CNC2.Cl. The highest BCUT2D eigenvalue weighted by molar-refractivity contribution is 5.85. The van der Waals surface area contributed by atoms with Gasteiger partial charge in [-0.25, -0.2) is 0 Å². The summed E-state index contributed by atoms with van der Waals surface area (Å²) in [5, 5.41) is 6.58. The molecule has 0 fully saturated rings. The van der Waals surface area contributed by atoms with E-state index in [0.29, 0.717) is 0 Å². The topological polar surface area (TPSA) is 24.1 Å². The zero-order valence-electron chi connectivity index (χ0n) is 7.98. The fourth-order valence-electron chi connectivity index (χ4n) is 1.80. The lowest BCUT2D eigenvalue weighted by molar-refractivity contribution is 0.765. The number of halogens is 1. The van der Waals surface area contributed by atoms with Crippen LogP contribution in [-0.2, 0) is 13.1 Å². The summed E-state index contributed by atoms with van der Waals surface area (Å²) >= 11 is 0. The highest BCUT2D eigenvalue weighted by Gasteiger charge is 2.13. The van der Waals surface area contributed by atoms with Crippen molar-refractivity contribution in [2.75, 3.05) is 12.4 Å². The highest BCUT2D eigenvalue weighted by Crippen LogP contribution is 2.25. The summed E-state index contributed by atoms with van der Waals surface area (Å²) in [5.41, 5.74) is 5.49. The van der Waals surface area contributed by atoms with Gasteiger partial charge in [0.15, 0.2) is 0 Å². The second-order valence-electron chi connectivity index (χ2n) is 3.30. The largest absolute Gasteiger partial charge is 0.388 e. The summed E-state index contributed by atoms with van der Waals surface area (Å²) in [6, 6.07) is 4.46. The normalized spacial score (nSPS) is 13.4. The highest BCUT2D eigenvalue weighted by atomic mass is 35.5. The van der Waals surface area contributed by atoms with Crippen LogP contribution in [0.1, 0.15) is 16.7 Å². The van der Waals surface area contributed by atoms with Crippen molar-refractivity contribution >= 4 is 18.1 Å². The Kier molecular flexibility index (Phi) is 3.17. The minimum atomic E-state index is 0. The van der Waals surface area contributed by atoms with E-state index in [4.69, 9.17) is 0 Å². The molecule has 1 aromatic carbocycles. The molecule has 1 heterocycles. The molecule has 0 bridgehead atoms. The number of rotatable bonds is 1. The van der Waals surface area contributed by atoms with Crippen LogP contribution in [0, 0.1) is 6.92 Å². The molecule has 2 nitrogen and oxygen atoms in total. The summed E-state index contributed by atoms with van der Waals surface area (Å²) < 4.78 is 0. The van der Waals surface area contributed by atoms with E-state index in [-0.39, 0.29) is 12.4 Å². The fourth-order valence-corrected chi connectivity index (χ4v) is 1.80. The molecule has 72 valence electrons. The van der Waals surface area contributed by atoms with Crippen LogP contribution in [0.25, 0.3) is 0 Å². The summed E-state index contributed by atoms with van der Waals surface area (Å²) in [6.45, 7) is 4.16. The number of hydrogen-bond donors (Lipinski definition) is 2. The van der Waals surface area contributed by atoms with E-state index in [1.165, 1.54) is 22.4 Å². The minimum Gasteiger partial charge on any atom is -0.388 e. The van der Waals surface area contributed by atoms with Gasteiger partial charge in [-0.05, 0) is 29.7 Å². The van der Waals surface area contributed by atoms with Crippen molar-refractivity contribution in [3.63, 3.8) is 0 Å². The fraction of sp³-hybridized carbons (Fsp3) is 0.400. The summed E-state index contributed by atoms with van der Waals surface area (Å²) in [5.74, 6) is 0. The van der Waals surface area contributed by atoms with Gasteiger partial charge < -0.3 is 10.6 Å². The van der Waals surface area contributed by atoms with E-state index >= 15 is 0 Å². The minimum absolute atomic E-state index is 0. The lowest BCUT2D eigenvalue weighted by Crippen LogP contribution is -2.01. The van der Waals surface area contributed by atoms with Gasteiger partial charge in [-0.15, -0.1) is 12.4 Å². The number of aryl methyl sites for hydroxylation is 1. The lowest BCUT2D eigenvalue weighted by atomic mass is 10.0. The maximum absolute atomic E-state index is 3.35. The summed E-state index contributed by atoms with van der Waals surface area (Å²) in [7, 11) is 1.98. The van der Waals surface area contributed by atoms with Crippen molar-refractivity contribution in [1.29, 1.82) is 0 Å². The molecule has 1 aliphatic heterocycles. The van der Waals surface area contributed by atoms with E-state index in [1.807, 2.05) is 7.05 Å². The Morgan fingerprint density at radius 2 is 2.08 bits per heavy atom. The molecule has 0 spiro atoms. The Morgan fingerprint density at radius 3 is 2.77 bits per heavy atom. The lowest BCUT2D eigenvalue weighted by Gasteiger charge is -2.08. The summed E-state index contributed by atoms with van der Waals surface area (Å²) in [6.07, 6.45) is 0. The van der Waals surface area contributed by atoms with Crippen molar-refractivity contribution in [2.45, 2.75) is 20.0 Å². The first-order valence-corrected chi connectivity index (χ1v) is 4.32. The van der Waals surface area contributed by atoms with E-state index < -0.39 is 0 Å². The van der Waals surface area contributed by atoms with Crippen LogP contribution < -0.4 is 10.6 Å². The molecule has 2 N–H and O–H groups in total. The molecule has 0 saturated heterocycles. The smallest absolute Gasteiger partial charge is 0.0389 e. The van der Waals surface area contributed by atoms with Gasteiger partial charge in [0.2, 0.25) is 0 Å². The molecule has 1 aromatic rings. The number of anilines is 1. The van der Waals surface area contributed by atoms with Crippen LogP contribution in [0.15, 0.2) is 12.1 Å². The number of benzene rings is 1. The maximum atomic E-state index is 3.35. The first kappa shape index (κ1) is 10.4. The van der Waals surface area contributed by atoms with Crippen LogP contribution >= 0.6 is 12.4 Å². The molecule has 0 amide bonds. The molecule has 2 rings (SSSR count). The summed E-state index contributed by atoms with van der Waals surface area (Å²) in [4.78, 5) is 0. The third-order valence-electron chi connectivity index (χ3n) is 2.37. The second kappa shape index (κ2) is 3.99. The van der Waals surface area contributed by atoms with Crippen LogP contribution in [0.2, 0.25) is 0 Å². The molecule has 0 unspecified atom stereocenters. The second-order valence-corrected chi connectivity index (χ2v) is 3.30. The van der Waals surface area contributed by atoms with Gasteiger partial charge in [0.05, 0.1) is 0 Å². The van der Waals surface area contributed by atoms with Crippen LogP contribution in [0.3, 0.4) is 0 Å². The number of fused-ring (bicyclic) bond motifs is 1.